The van der Waals surface area contributed by atoms with Gasteiger partial charge in [0.05, 0.1) is 12.8 Å². The van der Waals surface area contributed by atoms with Gasteiger partial charge >= 0.3 is 0 Å². The van der Waals surface area contributed by atoms with Crippen LogP contribution in [0.3, 0.4) is 0 Å². The third-order valence-corrected chi connectivity index (χ3v) is 3.43. The molecule has 2 aromatic rings. The van der Waals surface area contributed by atoms with Crippen LogP contribution in [0.4, 0.5) is 0 Å². The van der Waals surface area contributed by atoms with Gasteiger partial charge < -0.3 is 9.73 Å². The molecule has 19 heavy (non-hydrogen) atoms. The fraction of sp³-hybridized carbons (Fsp3) is 0.412. The summed E-state index contributed by atoms with van der Waals surface area (Å²) in [6, 6.07) is 12.9. The third-order valence-electron chi connectivity index (χ3n) is 3.43. The van der Waals surface area contributed by atoms with Crippen molar-refractivity contribution in [3.05, 3.63) is 59.5 Å². The van der Waals surface area contributed by atoms with Crippen LogP contribution in [0.15, 0.2) is 47.1 Å². The van der Waals surface area contributed by atoms with Crippen LogP contribution in [-0.2, 0) is 6.54 Å². The maximum atomic E-state index is 5.50. The standard InChI is InChI=1S/C17H23NO/c1-13-10-11-19-15(13)12-18-16(17(2,3)4)14-8-6-5-7-9-14/h5-11,16,18H,12H2,1-4H3. The summed E-state index contributed by atoms with van der Waals surface area (Å²) in [5.74, 6) is 1.02. The van der Waals surface area contributed by atoms with Crippen LogP contribution in [0.5, 0.6) is 0 Å². The minimum atomic E-state index is 0.155. The lowest BCUT2D eigenvalue weighted by atomic mass is 9.82. The van der Waals surface area contributed by atoms with E-state index in [0.717, 1.165) is 12.3 Å². The molecule has 0 saturated carbocycles. The van der Waals surface area contributed by atoms with Gasteiger partial charge in [-0.25, -0.2) is 0 Å². The fourth-order valence-electron chi connectivity index (χ4n) is 2.35. The summed E-state index contributed by atoms with van der Waals surface area (Å²) in [4.78, 5) is 0. The quantitative estimate of drug-likeness (QED) is 0.874. The van der Waals surface area contributed by atoms with Gasteiger partial charge in [-0.2, -0.15) is 0 Å². The Bertz CT molecular complexity index is 508. The molecule has 0 radical (unpaired) electrons. The Morgan fingerprint density at radius 1 is 1.11 bits per heavy atom. The number of hydrogen-bond donors (Lipinski definition) is 1. The molecule has 0 aliphatic heterocycles. The smallest absolute Gasteiger partial charge is 0.120 e. The van der Waals surface area contributed by atoms with Crippen LogP contribution in [-0.4, -0.2) is 0 Å². The Morgan fingerprint density at radius 2 is 1.79 bits per heavy atom. The predicted molar refractivity (Wildman–Crippen MR) is 78.9 cm³/mol. The first kappa shape index (κ1) is 13.9. The van der Waals surface area contributed by atoms with E-state index in [1.807, 2.05) is 6.07 Å². The molecule has 1 aromatic heterocycles. The topological polar surface area (TPSA) is 25.2 Å². The highest BCUT2D eigenvalue weighted by molar-refractivity contribution is 5.21. The van der Waals surface area contributed by atoms with E-state index in [-0.39, 0.29) is 5.41 Å². The molecule has 2 rings (SSSR count). The predicted octanol–water partition coefficient (Wildman–Crippen LogP) is 4.47. The van der Waals surface area contributed by atoms with Crippen molar-refractivity contribution in [3.63, 3.8) is 0 Å². The van der Waals surface area contributed by atoms with E-state index in [1.165, 1.54) is 11.1 Å². The maximum absolute atomic E-state index is 5.50. The highest BCUT2D eigenvalue weighted by Crippen LogP contribution is 2.33. The number of benzene rings is 1. The van der Waals surface area contributed by atoms with Gasteiger partial charge in [-0.1, -0.05) is 51.1 Å². The molecule has 0 fully saturated rings. The second-order valence-corrected chi connectivity index (χ2v) is 6.12. The molecule has 102 valence electrons. The molecular weight excluding hydrogens is 234 g/mol. The Hall–Kier alpha value is -1.54. The summed E-state index contributed by atoms with van der Waals surface area (Å²) in [6.45, 7) is 9.61. The third kappa shape index (κ3) is 3.48. The first-order chi connectivity index (χ1) is 8.98. The first-order valence-electron chi connectivity index (χ1n) is 6.80. The van der Waals surface area contributed by atoms with Crippen molar-refractivity contribution < 1.29 is 4.42 Å². The fourth-order valence-corrected chi connectivity index (χ4v) is 2.35. The van der Waals surface area contributed by atoms with Gasteiger partial charge in [0.25, 0.3) is 0 Å². The summed E-state index contributed by atoms with van der Waals surface area (Å²) in [7, 11) is 0. The minimum absolute atomic E-state index is 0.155. The lowest BCUT2D eigenvalue weighted by Crippen LogP contribution is -2.32. The number of rotatable bonds is 4. The van der Waals surface area contributed by atoms with Gasteiger partial charge in [0.2, 0.25) is 0 Å². The van der Waals surface area contributed by atoms with Crippen molar-refractivity contribution in [2.75, 3.05) is 0 Å². The number of hydrogen-bond acceptors (Lipinski definition) is 2. The SMILES string of the molecule is Cc1ccoc1CNC(c1ccccc1)C(C)(C)C. The summed E-state index contributed by atoms with van der Waals surface area (Å²) in [5.41, 5.74) is 2.68. The maximum Gasteiger partial charge on any atom is 0.120 e. The van der Waals surface area contributed by atoms with E-state index in [4.69, 9.17) is 4.42 Å². The van der Waals surface area contributed by atoms with Crippen molar-refractivity contribution in [2.24, 2.45) is 5.41 Å². The van der Waals surface area contributed by atoms with Crippen LogP contribution in [0.25, 0.3) is 0 Å². The summed E-state index contributed by atoms with van der Waals surface area (Å²) < 4.78 is 5.50. The molecule has 1 heterocycles. The van der Waals surface area contributed by atoms with Crippen molar-refractivity contribution in [3.8, 4) is 0 Å². The zero-order chi connectivity index (χ0) is 13.9. The summed E-state index contributed by atoms with van der Waals surface area (Å²) in [5, 5.41) is 3.63. The largest absolute Gasteiger partial charge is 0.468 e. The highest BCUT2D eigenvalue weighted by Gasteiger charge is 2.25. The van der Waals surface area contributed by atoms with Crippen molar-refractivity contribution in [2.45, 2.75) is 40.3 Å². The van der Waals surface area contributed by atoms with Crippen molar-refractivity contribution in [1.82, 2.24) is 5.32 Å². The van der Waals surface area contributed by atoms with Gasteiger partial charge in [0, 0.05) is 6.04 Å². The molecule has 2 nitrogen and oxygen atoms in total. The van der Waals surface area contributed by atoms with Gasteiger partial charge in [-0.05, 0) is 29.5 Å². The normalized spacial score (nSPS) is 13.5. The molecule has 0 bridgehead atoms. The summed E-state index contributed by atoms with van der Waals surface area (Å²) >= 11 is 0. The zero-order valence-corrected chi connectivity index (χ0v) is 12.2. The number of furan rings is 1. The second kappa shape index (κ2) is 5.62. The van der Waals surface area contributed by atoms with Crippen LogP contribution in [0, 0.1) is 12.3 Å². The van der Waals surface area contributed by atoms with E-state index in [9.17, 15) is 0 Å². The molecule has 1 N–H and O–H groups in total. The average molecular weight is 257 g/mol. The Morgan fingerprint density at radius 3 is 2.32 bits per heavy atom. The Labute approximate surface area is 115 Å². The molecule has 0 saturated heterocycles. The van der Waals surface area contributed by atoms with Crippen LogP contribution in [0.1, 0.15) is 43.7 Å². The summed E-state index contributed by atoms with van der Waals surface area (Å²) in [6.07, 6.45) is 1.75. The lowest BCUT2D eigenvalue weighted by Gasteiger charge is -2.32. The lowest BCUT2D eigenvalue weighted by molar-refractivity contribution is 0.264. The van der Waals surface area contributed by atoms with Gasteiger partial charge in [0.1, 0.15) is 5.76 Å². The second-order valence-electron chi connectivity index (χ2n) is 6.12. The number of aryl methyl sites for hydroxylation is 1. The van der Waals surface area contributed by atoms with E-state index < -0.39 is 0 Å². The molecule has 1 atom stereocenters. The van der Waals surface area contributed by atoms with E-state index >= 15 is 0 Å². The molecule has 2 heteroatoms. The first-order valence-corrected chi connectivity index (χ1v) is 6.80. The Kier molecular flexibility index (Phi) is 4.11. The molecule has 0 amide bonds. The van der Waals surface area contributed by atoms with Gasteiger partial charge in [-0.3, -0.25) is 0 Å². The molecule has 0 aliphatic rings. The van der Waals surface area contributed by atoms with Gasteiger partial charge in [-0.15, -0.1) is 0 Å². The zero-order valence-electron chi connectivity index (χ0n) is 12.2. The van der Waals surface area contributed by atoms with E-state index in [1.54, 1.807) is 6.26 Å². The van der Waals surface area contributed by atoms with Gasteiger partial charge in [0.15, 0.2) is 0 Å². The highest BCUT2D eigenvalue weighted by atomic mass is 16.3. The molecule has 0 spiro atoms. The van der Waals surface area contributed by atoms with E-state index in [2.05, 4.69) is 63.3 Å². The molecular formula is C17H23NO. The Balaban J connectivity index is 2.14. The molecule has 1 unspecified atom stereocenters. The van der Waals surface area contributed by atoms with E-state index in [0.29, 0.717) is 6.04 Å². The monoisotopic (exact) mass is 257 g/mol. The molecule has 1 aromatic carbocycles. The minimum Gasteiger partial charge on any atom is -0.468 e. The average Bonchev–Trinajstić information content (AvgIpc) is 2.75. The van der Waals surface area contributed by atoms with Crippen molar-refractivity contribution in [1.29, 1.82) is 0 Å². The van der Waals surface area contributed by atoms with Crippen LogP contribution in [0.2, 0.25) is 0 Å². The van der Waals surface area contributed by atoms with Crippen molar-refractivity contribution >= 4 is 0 Å². The molecule has 0 aliphatic carbocycles. The number of nitrogens with one attached hydrogen (secondary N) is 1. The van der Waals surface area contributed by atoms with Crippen LogP contribution < -0.4 is 5.32 Å². The van der Waals surface area contributed by atoms with Crippen LogP contribution >= 0.6 is 0 Å².